The first-order valence-corrected chi connectivity index (χ1v) is 9.32. The molecule has 0 aliphatic carbocycles. The van der Waals surface area contributed by atoms with E-state index in [0.717, 1.165) is 5.01 Å². The van der Waals surface area contributed by atoms with Gasteiger partial charge in [-0.15, -0.1) is 23.7 Å². The lowest BCUT2D eigenvalue weighted by atomic mass is 10.1. The van der Waals surface area contributed by atoms with E-state index < -0.39 is 0 Å². The van der Waals surface area contributed by atoms with E-state index in [4.69, 9.17) is 28.9 Å². The molecule has 0 radical (unpaired) electrons. The topological polar surface area (TPSA) is 79.5 Å². The predicted molar refractivity (Wildman–Crippen MR) is 106 cm³/mol. The molecule has 2 heterocycles. The van der Waals surface area contributed by atoms with Gasteiger partial charge < -0.3 is 15.5 Å². The molecule has 1 aliphatic heterocycles. The van der Waals surface area contributed by atoms with E-state index in [1.54, 1.807) is 33.4 Å². The summed E-state index contributed by atoms with van der Waals surface area (Å²) in [6.07, 6.45) is 0. The number of amides is 2. The van der Waals surface area contributed by atoms with Gasteiger partial charge in [0.1, 0.15) is 10.7 Å². The van der Waals surface area contributed by atoms with E-state index in [2.05, 4.69) is 4.98 Å². The van der Waals surface area contributed by atoms with Gasteiger partial charge in [0.25, 0.3) is 11.8 Å². The highest BCUT2D eigenvalue weighted by Gasteiger charge is 2.28. The second kappa shape index (κ2) is 9.01. The number of benzene rings is 1. The number of thiazole rings is 1. The zero-order valence-corrected chi connectivity index (χ0v) is 16.8. The fraction of sp³-hybridized carbons (Fsp3) is 0.312. The van der Waals surface area contributed by atoms with Gasteiger partial charge >= 0.3 is 0 Å². The smallest absolute Gasteiger partial charge is 0.273 e. The van der Waals surface area contributed by atoms with Crippen molar-refractivity contribution in [2.24, 2.45) is 5.73 Å². The summed E-state index contributed by atoms with van der Waals surface area (Å²) in [5.41, 5.74) is 6.24. The summed E-state index contributed by atoms with van der Waals surface area (Å²) < 4.78 is 0. The molecule has 1 fully saturated rings. The summed E-state index contributed by atoms with van der Waals surface area (Å²) in [5.74, 6) is -0.361. The number of aromatic nitrogens is 1. The summed E-state index contributed by atoms with van der Waals surface area (Å²) in [4.78, 5) is 32.7. The Morgan fingerprint density at radius 3 is 2.12 bits per heavy atom. The molecule has 1 aliphatic rings. The molecule has 10 heteroatoms. The lowest BCUT2D eigenvalue weighted by molar-refractivity contribution is 0.0533. The van der Waals surface area contributed by atoms with Crippen LogP contribution in [0, 0.1) is 0 Å². The molecule has 0 saturated carbocycles. The first kappa shape index (κ1) is 20.9. The lowest BCUT2D eigenvalue weighted by Gasteiger charge is -2.34. The number of carbonyl (C=O) groups excluding carboxylic acids is 2. The third kappa shape index (κ3) is 4.29. The minimum Gasteiger partial charge on any atom is -0.335 e. The number of nitrogens with two attached hydrogens (primary N) is 1. The van der Waals surface area contributed by atoms with Gasteiger partial charge in [-0.1, -0.05) is 29.3 Å². The van der Waals surface area contributed by atoms with E-state index >= 15 is 0 Å². The maximum atomic E-state index is 12.7. The van der Waals surface area contributed by atoms with Crippen molar-refractivity contribution in [3.63, 3.8) is 0 Å². The van der Waals surface area contributed by atoms with Gasteiger partial charge in [-0.2, -0.15) is 0 Å². The van der Waals surface area contributed by atoms with Crippen molar-refractivity contribution in [1.82, 2.24) is 14.8 Å². The van der Waals surface area contributed by atoms with Gasteiger partial charge in [-0.25, -0.2) is 4.98 Å². The van der Waals surface area contributed by atoms with Crippen LogP contribution in [0.25, 0.3) is 0 Å². The van der Waals surface area contributed by atoms with Gasteiger partial charge in [-0.05, 0) is 12.1 Å². The van der Waals surface area contributed by atoms with E-state index in [0.29, 0.717) is 54.0 Å². The molecule has 2 aromatic rings. The van der Waals surface area contributed by atoms with Crippen LogP contribution in [0.3, 0.4) is 0 Å². The molecule has 1 aromatic heterocycles. The number of rotatable bonds is 3. The highest BCUT2D eigenvalue weighted by Crippen LogP contribution is 2.26. The SMILES string of the molecule is Cl.NCc1nc(C(=O)N2CCN(C(=O)c3c(Cl)cccc3Cl)CC2)cs1. The molecular formula is C16H17Cl3N4O2S. The number of hydrogen-bond donors (Lipinski definition) is 1. The van der Waals surface area contributed by atoms with Crippen molar-refractivity contribution < 1.29 is 9.59 Å². The fourth-order valence-corrected chi connectivity index (χ4v) is 3.85. The van der Waals surface area contributed by atoms with Crippen LogP contribution < -0.4 is 5.73 Å². The summed E-state index contributed by atoms with van der Waals surface area (Å²) in [6.45, 7) is 2.02. The minimum absolute atomic E-state index is 0. The van der Waals surface area contributed by atoms with Crippen LogP contribution in [-0.2, 0) is 6.54 Å². The Bertz CT molecular complexity index is 786. The zero-order chi connectivity index (χ0) is 18.0. The van der Waals surface area contributed by atoms with Gasteiger partial charge in [0, 0.05) is 38.1 Å². The lowest BCUT2D eigenvalue weighted by Crippen LogP contribution is -2.50. The largest absolute Gasteiger partial charge is 0.335 e. The molecule has 6 nitrogen and oxygen atoms in total. The molecule has 140 valence electrons. The molecule has 1 aromatic carbocycles. The zero-order valence-electron chi connectivity index (χ0n) is 13.7. The number of carbonyl (C=O) groups is 2. The number of nitrogens with zero attached hydrogens (tertiary/aromatic N) is 3. The standard InChI is InChI=1S/C16H16Cl2N4O2S.ClH/c17-10-2-1-3-11(18)14(10)16(24)22-6-4-21(5-7-22)15(23)12-9-25-13(8-19)20-12;/h1-3,9H,4-8,19H2;1H. The normalized spacial score (nSPS) is 14.1. The van der Waals surface area contributed by atoms with Crippen LogP contribution in [0.4, 0.5) is 0 Å². The first-order valence-electron chi connectivity index (χ1n) is 7.68. The molecule has 2 amide bonds. The predicted octanol–water partition coefficient (Wildman–Crippen LogP) is 2.93. The van der Waals surface area contributed by atoms with E-state index in [-0.39, 0.29) is 24.2 Å². The van der Waals surface area contributed by atoms with Crippen molar-refractivity contribution in [2.75, 3.05) is 26.2 Å². The number of hydrogen-bond acceptors (Lipinski definition) is 5. The average Bonchev–Trinajstić information content (AvgIpc) is 3.10. The van der Waals surface area contributed by atoms with Gasteiger partial charge in [0.2, 0.25) is 0 Å². The maximum absolute atomic E-state index is 12.7. The van der Waals surface area contributed by atoms with Crippen LogP contribution in [0.1, 0.15) is 25.9 Å². The quantitative estimate of drug-likeness (QED) is 0.804. The highest BCUT2D eigenvalue weighted by atomic mass is 35.5. The maximum Gasteiger partial charge on any atom is 0.273 e. The Kier molecular flexibility index (Phi) is 7.25. The summed E-state index contributed by atoms with van der Waals surface area (Å²) in [6, 6.07) is 4.97. The van der Waals surface area contributed by atoms with Crippen LogP contribution >= 0.6 is 46.9 Å². The average molecular weight is 436 g/mol. The molecule has 0 unspecified atom stereocenters. The van der Waals surface area contributed by atoms with Gasteiger partial charge in [-0.3, -0.25) is 9.59 Å². The third-order valence-electron chi connectivity index (χ3n) is 3.98. The van der Waals surface area contributed by atoms with Crippen molar-refractivity contribution in [3.05, 3.63) is 49.9 Å². The molecule has 0 atom stereocenters. The van der Waals surface area contributed by atoms with Crippen LogP contribution in [0.5, 0.6) is 0 Å². The van der Waals surface area contributed by atoms with Crippen LogP contribution in [0.2, 0.25) is 10.0 Å². The monoisotopic (exact) mass is 434 g/mol. The first-order chi connectivity index (χ1) is 12.0. The van der Waals surface area contributed by atoms with Crippen LogP contribution in [0.15, 0.2) is 23.6 Å². The Morgan fingerprint density at radius 2 is 1.62 bits per heavy atom. The Balaban J connectivity index is 0.00000243. The summed E-state index contributed by atoms with van der Waals surface area (Å²) in [7, 11) is 0. The second-order valence-electron chi connectivity index (χ2n) is 5.51. The number of piperazine rings is 1. The van der Waals surface area contributed by atoms with Crippen molar-refractivity contribution in [3.8, 4) is 0 Å². The van der Waals surface area contributed by atoms with E-state index in [1.807, 2.05) is 0 Å². The second-order valence-corrected chi connectivity index (χ2v) is 7.27. The molecule has 3 rings (SSSR count). The van der Waals surface area contributed by atoms with E-state index in [1.165, 1.54) is 11.3 Å². The summed E-state index contributed by atoms with van der Waals surface area (Å²) >= 11 is 13.6. The van der Waals surface area contributed by atoms with Crippen molar-refractivity contribution in [2.45, 2.75) is 6.54 Å². The fourth-order valence-electron chi connectivity index (χ4n) is 2.64. The Morgan fingerprint density at radius 1 is 1.08 bits per heavy atom. The third-order valence-corrected chi connectivity index (χ3v) is 5.48. The molecular weight excluding hydrogens is 419 g/mol. The van der Waals surface area contributed by atoms with Gasteiger partial charge in [0.15, 0.2) is 0 Å². The number of halogens is 3. The molecule has 26 heavy (non-hydrogen) atoms. The van der Waals surface area contributed by atoms with E-state index in [9.17, 15) is 9.59 Å². The molecule has 1 saturated heterocycles. The minimum atomic E-state index is -0.221. The van der Waals surface area contributed by atoms with Crippen molar-refractivity contribution >= 4 is 58.8 Å². The molecule has 0 spiro atoms. The van der Waals surface area contributed by atoms with Gasteiger partial charge in [0.05, 0.1) is 15.6 Å². The Labute approximate surface area is 171 Å². The highest BCUT2D eigenvalue weighted by molar-refractivity contribution is 7.09. The van der Waals surface area contributed by atoms with Crippen LogP contribution in [-0.4, -0.2) is 52.8 Å². The molecule has 0 bridgehead atoms. The Hall–Kier alpha value is -1.38. The summed E-state index contributed by atoms with van der Waals surface area (Å²) in [5, 5.41) is 3.09. The molecule has 2 N–H and O–H groups in total. The van der Waals surface area contributed by atoms with Crippen molar-refractivity contribution in [1.29, 1.82) is 0 Å².